The molecule has 0 aliphatic heterocycles. The molecule has 6 nitrogen and oxygen atoms in total. The number of H-pyrrole nitrogens is 1. The molecule has 23 heavy (non-hydrogen) atoms. The van der Waals surface area contributed by atoms with E-state index in [4.69, 9.17) is 10.5 Å². The summed E-state index contributed by atoms with van der Waals surface area (Å²) in [6.07, 6.45) is 1.32. The van der Waals surface area contributed by atoms with Gasteiger partial charge in [0.25, 0.3) is 0 Å². The standard InChI is InChI=1S/C17H24N4O2/c1-17(2,3)23-16(22)19-10-13(9-18)14-11-20-21-15(14)12-7-5-4-6-8-12/h4-8,11,13H,9-10,18H2,1-3H3,(H,19,22)(H,20,21). The first-order valence-electron chi connectivity index (χ1n) is 7.66. The number of nitrogens with one attached hydrogen (secondary N) is 2. The Kier molecular flexibility index (Phi) is 5.39. The fraction of sp³-hybridized carbons (Fsp3) is 0.412. The number of carbonyl (C=O) groups excluding carboxylic acids is 1. The molecule has 0 aliphatic rings. The van der Waals surface area contributed by atoms with Crippen molar-refractivity contribution in [2.45, 2.75) is 32.3 Å². The Morgan fingerprint density at radius 2 is 2.04 bits per heavy atom. The average Bonchev–Trinajstić information content (AvgIpc) is 2.96. The van der Waals surface area contributed by atoms with Crippen LogP contribution in [0.2, 0.25) is 0 Å². The molecule has 6 heteroatoms. The van der Waals surface area contributed by atoms with Crippen molar-refractivity contribution in [3.05, 3.63) is 42.1 Å². The quantitative estimate of drug-likeness (QED) is 0.790. The van der Waals surface area contributed by atoms with Gasteiger partial charge in [0.2, 0.25) is 0 Å². The summed E-state index contributed by atoms with van der Waals surface area (Å²) in [7, 11) is 0. The molecular formula is C17H24N4O2. The van der Waals surface area contributed by atoms with E-state index in [1.165, 1.54) is 0 Å². The van der Waals surface area contributed by atoms with Crippen molar-refractivity contribution in [1.29, 1.82) is 0 Å². The van der Waals surface area contributed by atoms with Crippen molar-refractivity contribution in [2.24, 2.45) is 5.73 Å². The van der Waals surface area contributed by atoms with E-state index in [1.807, 2.05) is 51.1 Å². The van der Waals surface area contributed by atoms with Gasteiger partial charge in [-0.15, -0.1) is 0 Å². The van der Waals surface area contributed by atoms with E-state index in [0.29, 0.717) is 13.1 Å². The van der Waals surface area contributed by atoms with Crippen molar-refractivity contribution in [1.82, 2.24) is 15.5 Å². The molecule has 4 N–H and O–H groups in total. The van der Waals surface area contributed by atoms with E-state index < -0.39 is 11.7 Å². The Morgan fingerprint density at radius 3 is 2.65 bits per heavy atom. The van der Waals surface area contributed by atoms with Gasteiger partial charge in [-0.2, -0.15) is 5.10 Å². The molecule has 2 aromatic rings. The summed E-state index contributed by atoms with van der Waals surface area (Å²) in [5, 5.41) is 9.92. The highest BCUT2D eigenvalue weighted by Crippen LogP contribution is 2.26. The summed E-state index contributed by atoms with van der Waals surface area (Å²) in [5.74, 6) is -0.0449. The lowest BCUT2D eigenvalue weighted by Crippen LogP contribution is -2.36. The van der Waals surface area contributed by atoms with Crippen LogP contribution in [0, 0.1) is 0 Å². The van der Waals surface area contributed by atoms with Gasteiger partial charge in [-0.25, -0.2) is 4.79 Å². The Labute approximate surface area is 136 Å². The lowest BCUT2D eigenvalue weighted by Gasteiger charge is -2.21. The molecule has 0 aliphatic carbocycles. The predicted molar refractivity (Wildman–Crippen MR) is 90.1 cm³/mol. The maximum absolute atomic E-state index is 11.8. The summed E-state index contributed by atoms with van der Waals surface area (Å²) in [6.45, 7) is 6.28. The van der Waals surface area contributed by atoms with Crippen LogP contribution in [0.25, 0.3) is 11.3 Å². The third-order valence-corrected chi connectivity index (χ3v) is 3.35. The molecular weight excluding hydrogens is 292 g/mol. The van der Waals surface area contributed by atoms with Crippen LogP contribution in [0.5, 0.6) is 0 Å². The number of hydrogen-bond acceptors (Lipinski definition) is 4. The smallest absolute Gasteiger partial charge is 0.407 e. The molecule has 0 saturated heterocycles. The number of amides is 1. The summed E-state index contributed by atoms with van der Waals surface area (Å²) in [4.78, 5) is 11.8. The molecule has 124 valence electrons. The normalized spacial score (nSPS) is 12.7. The summed E-state index contributed by atoms with van der Waals surface area (Å²) in [6, 6.07) is 9.91. The molecule has 0 bridgehead atoms. The van der Waals surface area contributed by atoms with Gasteiger partial charge in [-0.3, -0.25) is 5.10 Å². The number of benzene rings is 1. The molecule has 1 unspecified atom stereocenters. The Morgan fingerprint density at radius 1 is 1.35 bits per heavy atom. The number of rotatable bonds is 5. The van der Waals surface area contributed by atoms with Gasteiger partial charge in [0, 0.05) is 24.6 Å². The van der Waals surface area contributed by atoms with Crippen molar-refractivity contribution < 1.29 is 9.53 Å². The first kappa shape index (κ1) is 17.0. The maximum Gasteiger partial charge on any atom is 0.407 e. The molecule has 0 spiro atoms. The number of ether oxygens (including phenoxy) is 1. The minimum absolute atomic E-state index is 0.0449. The largest absolute Gasteiger partial charge is 0.444 e. The van der Waals surface area contributed by atoms with Crippen LogP contribution < -0.4 is 11.1 Å². The zero-order valence-corrected chi connectivity index (χ0v) is 13.8. The first-order valence-corrected chi connectivity index (χ1v) is 7.66. The number of aromatic amines is 1. The van der Waals surface area contributed by atoms with E-state index in [9.17, 15) is 4.79 Å². The van der Waals surface area contributed by atoms with Gasteiger partial charge in [-0.05, 0) is 26.3 Å². The lowest BCUT2D eigenvalue weighted by molar-refractivity contribution is 0.0525. The van der Waals surface area contributed by atoms with Gasteiger partial charge >= 0.3 is 6.09 Å². The van der Waals surface area contributed by atoms with Crippen molar-refractivity contribution in [2.75, 3.05) is 13.1 Å². The van der Waals surface area contributed by atoms with Crippen LogP contribution in [0.15, 0.2) is 36.5 Å². The maximum atomic E-state index is 11.8. The first-order chi connectivity index (χ1) is 10.9. The number of nitrogens with two attached hydrogens (primary N) is 1. The van der Waals surface area contributed by atoms with E-state index in [0.717, 1.165) is 16.8 Å². The van der Waals surface area contributed by atoms with Gasteiger partial charge in [0.05, 0.1) is 11.9 Å². The number of carbonyl (C=O) groups is 1. The number of nitrogens with zero attached hydrogens (tertiary/aromatic N) is 1. The molecule has 1 aromatic carbocycles. The second kappa shape index (κ2) is 7.28. The van der Waals surface area contributed by atoms with Gasteiger partial charge in [-0.1, -0.05) is 30.3 Å². The summed E-state index contributed by atoms with van der Waals surface area (Å²) in [5.41, 5.74) is 8.31. The Bertz CT molecular complexity index is 632. The predicted octanol–water partition coefficient (Wildman–Crippen LogP) is 2.64. The van der Waals surface area contributed by atoms with E-state index in [2.05, 4.69) is 15.5 Å². The average molecular weight is 316 g/mol. The molecule has 0 fully saturated rings. The highest BCUT2D eigenvalue weighted by molar-refractivity contribution is 5.68. The van der Waals surface area contributed by atoms with Crippen molar-refractivity contribution in [3.8, 4) is 11.3 Å². The van der Waals surface area contributed by atoms with E-state index in [1.54, 1.807) is 6.20 Å². The number of hydrogen-bond donors (Lipinski definition) is 3. The van der Waals surface area contributed by atoms with Crippen LogP contribution >= 0.6 is 0 Å². The van der Waals surface area contributed by atoms with Gasteiger partial charge in [0.15, 0.2) is 0 Å². The second-order valence-electron chi connectivity index (χ2n) is 6.38. The van der Waals surface area contributed by atoms with Crippen LogP contribution in [-0.4, -0.2) is 35.0 Å². The molecule has 0 radical (unpaired) electrons. The Hall–Kier alpha value is -2.34. The fourth-order valence-corrected chi connectivity index (χ4v) is 2.28. The fourth-order valence-electron chi connectivity index (χ4n) is 2.28. The molecule has 1 aromatic heterocycles. The lowest BCUT2D eigenvalue weighted by atomic mass is 9.96. The van der Waals surface area contributed by atoms with Crippen LogP contribution in [-0.2, 0) is 4.74 Å². The molecule has 1 amide bonds. The molecule has 1 atom stereocenters. The Balaban J connectivity index is 2.08. The third-order valence-electron chi connectivity index (χ3n) is 3.35. The minimum Gasteiger partial charge on any atom is -0.444 e. The minimum atomic E-state index is -0.521. The van der Waals surface area contributed by atoms with E-state index >= 15 is 0 Å². The monoisotopic (exact) mass is 316 g/mol. The zero-order chi connectivity index (χ0) is 16.9. The van der Waals surface area contributed by atoms with Crippen LogP contribution in [0.4, 0.5) is 4.79 Å². The highest BCUT2D eigenvalue weighted by atomic mass is 16.6. The number of aromatic nitrogens is 2. The highest BCUT2D eigenvalue weighted by Gasteiger charge is 2.20. The number of alkyl carbamates (subject to hydrolysis) is 1. The van der Waals surface area contributed by atoms with Crippen LogP contribution in [0.1, 0.15) is 32.3 Å². The van der Waals surface area contributed by atoms with Crippen LogP contribution in [0.3, 0.4) is 0 Å². The summed E-state index contributed by atoms with van der Waals surface area (Å²) < 4.78 is 5.25. The second-order valence-corrected chi connectivity index (χ2v) is 6.38. The molecule has 1 heterocycles. The molecule has 2 rings (SSSR count). The SMILES string of the molecule is CC(C)(C)OC(=O)NCC(CN)c1cn[nH]c1-c1ccccc1. The molecule has 0 saturated carbocycles. The topological polar surface area (TPSA) is 93.0 Å². The third kappa shape index (κ3) is 4.82. The van der Waals surface area contributed by atoms with Crippen molar-refractivity contribution >= 4 is 6.09 Å². The van der Waals surface area contributed by atoms with Gasteiger partial charge in [0.1, 0.15) is 5.60 Å². The zero-order valence-electron chi connectivity index (χ0n) is 13.8. The van der Waals surface area contributed by atoms with Gasteiger partial charge < -0.3 is 15.8 Å². The van der Waals surface area contributed by atoms with E-state index in [-0.39, 0.29) is 5.92 Å². The van der Waals surface area contributed by atoms with Crippen molar-refractivity contribution in [3.63, 3.8) is 0 Å². The summed E-state index contributed by atoms with van der Waals surface area (Å²) >= 11 is 0.